The Morgan fingerprint density at radius 1 is 1.39 bits per heavy atom. The van der Waals surface area contributed by atoms with E-state index in [2.05, 4.69) is 18.9 Å². The molecule has 1 atom stereocenters. The van der Waals surface area contributed by atoms with E-state index in [1.807, 2.05) is 30.9 Å². The third kappa shape index (κ3) is 3.33. The molecule has 18 heavy (non-hydrogen) atoms. The molecule has 1 unspecified atom stereocenters. The van der Waals surface area contributed by atoms with E-state index in [9.17, 15) is 0 Å². The van der Waals surface area contributed by atoms with Crippen LogP contribution in [-0.2, 0) is 18.2 Å². The van der Waals surface area contributed by atoms with Crippen molar-refractivity contribution >= 4 is 0 Å². The van der Waals surface area contributed by atoms with Gasteiger partial charge < -0.3 is 10.5 Å². The number of hydrogen-bond donors (Lipinski definition) is 1. The number of nitrogens with two attached hydrogens (primary N) is 1. The zero-order valence-corrected chi connectivity index (χ0v) is 12.1. The molecule has 4 nitrogen and oxygen atoms in total. The number of hydrogen-bond acceptors (Lipinski definition) is 3. The molecular formula is C14H27N3O. The molecule has 0 saturated carbocycles. The summed E-state index contributed by atoms with van der Waals surface area (Å²) in [4.78, 5) is 0. The first kappa shape index (κ1) is 15.2. The van der Waals surface area contributed by atoms with Crippen LogP contribution in [0.25, 0.3) is 0 Å². The molecule has 1 heterocycles. The zero-order valence-electron chi connectivity index (χ0n) is 12.1. The molecule has 1 rings (SSSR count). The zero-order chi connectivity index (χ0) is 13.6. The van der Waals surface area contributed by atoms with Crippen LogP contribution in [-0.4, -0.2) is 28.0 Å². The quantitative estimate of drug-likeness (QED) is 0.773. The van der Waals surface area contributed by atoms with Crippen LogP contribution < -0.4 is 5.73 Å². The predicted octanol–water partition coefficient (Wildman–Crippen LogP) is 2.28. The van der Waals surface area contributed by atoms with Gasteiger partial charge in [0.05, 0.1) is 5.60 Å². The molecule has 0 aliphatic heterocycles. The highest BCUT2D eigenvalue weighted by Crippen LogP contribution is 2.26. The molecule has 2 N–H and O–H groups in total. The molecule has 0 spiro atoms. The molecule has 1 aromatic heterocycles. The first-order valence-electron chi connectivity index (χ1n) is 6.96. The Kier molecular flexibility index (Phi) is 5.82. The normalized spacial score (nSPS) is 13.8. The van der Waals surface area contributed by atoms with Gasteiger partial charge in [-0.15, -0.1) is 0 Å². The Hall–Kier alpha value is -0.870. The van der Waals surface area contributed by atoms with E-state index in [0.29, 0.717) is 0 Å². The lowest BCUT2D eigenvalue weighted by Gasteiger charge is -2.37. The standard InChI is InChI=1S/C14H27N3O/c1-5-14(6-2,18-7-3)13(15)9-8-12-10-11-16-17(12)4/h10-11,13H,5-9,15H2,1-4H3. The number of ether oxygens (including phenoxy) is 1. The third-order valence-electron chi connectivity index (χ3n) is 3.94. The summed E-state index contributed by atoms with van der Waals surface area (Å²) >= 11 is 0. The number of aromatic nitrogens is 2. The predicted molar refractivity (Wildman–Crippen MR) is 74.4 cm³/mol. The lowest BCUT2D eigenvalue weighted by molar-refractivity contribution is -0.0650. The SMILES string of the molecule is CCOC(CC)(CC)C(N)CCc1ccnn1C. The highest BCUT2D eigenvalue weighted by atomic mass is 16.5. The molecule has 0 aromatic carbocycles. The van der Waals surface area contributed by atoms with Crippen LogP contribution in [0, 0.1) is 0 Å². The summed E-state index contributed by atoms with van der Waals surface area (Å²) in [6.45, 7) is 7.07. The van der Waals surface area contributed by atoms with Gasteiger partial charge in [-0.2, -0.15) is 5.10 Å². The summed E-state index contributed by atoms with van der Waals surface area (Å²) < 4.78 is 7.85. The maximum atomic E-state index is 6.37. The van der Waals surface area contributed by atoms with Gasteiger partial charge in [-0.05, 0) is 38.7 Å². The molecule has 104 valence electrons. The topological polar surface area (TPSA) is 53.1 Å². The van der Waals surface area contributed by atoms with Crippen molar-refractivity contribution in [2.75, 3.05) is 6.61 Å². The average molecular weight is 253 g/mol. The first-order valence-corrected chi connectivity index (χ1v) is 6.96. The van der Waals surface area contributed by atoms with Crippen molar-refractivity contribution < 1.29 is 4.74 Å². The highest BCUT2D eigenvalue weighted by Gasteiger charge is 2.33. The van der Waals surface area contributed by atoms with E-state index >= 15 is 0 Å². The maximum absolute atomic E-state index is 6.37. The smallest absolute Gasteiger partial charge is 0.0827 e. The summed E-state index contributed by atoms with van der Waals surface area (Å²) in [5.74, 6) is 0. The number of rotatable bonds is 8. The van der Waals surface area contributed by atoms with Gasteiger partial charge in [-0.25, -0.2) is 0 Å². The van der Waals surface area contributed by atoms with Crippen molar-refractivity contribution in [1.82, 2.24) is 9.78 Å². The van der Waals surface area contributed by atoms with Crippen molar-refractivity contribution in [2.45, 2.75) is 58.1 Å². The summed E-state index contributed by atoms with van der Waals surface area (Å²) in [5, 5.41) is 4.18. The Morgan fingerprint density at radius 2 is 2.06 bits per heavy atom. The third-order valence-corrected chi connectivity index (χ3v) is 3.94. The minimum Gasteiger partial charge on any atom is -0.374 e. The molecule has 0 bridgehead atoms. The number of aryl methyl sites for hydroxylation is 2. The highest BCUT2D eigenvalue weighted by molar-refractivity contribution is 5.02. The molecule has 0 amide bonds. The second kappa shape index (κ2) is 6.90. The van der Waals surface area contributed by atoms with E-state index in [0.717, 1.165) is 32.3 Å². The van der Waals surface area contributed by atoms with Gasteiger partial charge in [0.1, 0.15) is 0 Å². The van der Waals surface area contributed by atoms with Gasteiger partial charge in [0.25, 0.3) is 0 Å². The Balaban J connectivity index is 2.62. The van der Waals surface area contributed by atoms with Crippen LogP contribution in [0.1, 0.15) is 45.7 Å². The molecule has 0 radical (unpaired) electrons. The fourth-order valence-corrected chi connectivity index (χ4v) is 2.59. The molecule has 4 heteroatoms. The first-order chi connectivity index (χ1) is 8.59. The molecule has 0 aliphatic rings. The van der Waals surface area contributed by atoms with Gasteiger partial charge in [0, 0.05) is 31.6 Å². The van der Waals surface area contributed by atoms with Gasteiger partial charge in [0.15, 0.2) is 0 Å². The van der Waals surface area contributed by atoms with Crippen LogP contribution in [0.15, 0.2) is 12.3 Å². The van der Waals surface area contributed by atoms with Crippen molar-refractivity contribution in [3.63, 3.8) is 0 Å². The molecule has 0 saturated heterocycles. The molecule has 1 aromatic rings. The van der Waals surface area contributed by atoms with Crippen LogP contribution in [0.4, 0.5) is 0 Å². The van der Waals surface area contributed by atoms with E-state index in [1.54, 1.807) is 0 Å². The molecular weight excluding hydrogens is 226 g/mol. The average Bonchev–Trinajstić information content (AvgIpc) is 2.79. The fraction of sp³-hybridized carbons (Fsp3) is 0.786. The van der Waals surface area contributed by atoms with Crippen molar-refractivity contribution in [2.24, 2.45) is 12.8 Å². The minimum absolute atomic E-state index is 0.0716. The van der Waals surface area contributed by atoms with E-state index in [-0.39, 0.29) is 11.6 Å². The summed E-state index contributed by atoms with van der Waals surface area (Å²) in [6.07, 6.45) is 5.64. The number of nitrogens with zero attached hydrogens (tertiary/aromatic N) is 2. The Bertz CT molecular complexity index is 345. The maximum Gasteiger partial charge on any atom is 0.0827 e. The van der Waals surface area contributed by atoms with Crippen LogP contribution in [0.3, 0.4) is 0 Å². The minimum atomic E-state index is -0.173. The summed E-state index contributed by atoms with van der Waals surface area (Å²) in [6, 6.07) is 2.12. The van der Waals surface area contributed by atoms with Gasteiger partial charge >= 0.3 is 0 Å². The van der Waals surface area contributed by atoms with Gasteiger partial charge in [0.2, 0.25) is 0 Å². The van der Waals surface area contributed by atoms with Crippen molar-refractivity contribution in [1.29, 1.82) is 0 Å². The second-order valence-electron chi connectivity index (χ2n) is 4.80. The van der Waals surface area contributed by atoms with Crippen LogP contribution in [0.5, 0.6) is 0 Å². The van der Waals surface area contributed by atoms with E-state index in [4.69, 9.17) is 10.5 Å². The van der Waals surface area contributed by atoms with Crippen LogP contribution >= 0.6 is 0 Å². The van der Waals surface area contributed by atoms with Crippen LogP contribution in [0.2, 0.25) is 0 Å². The fourth-order valence-electron chi connectivity index (χ4n) is 2.59. The van der Waals surface area contributed by atoms with Crippen molar-refractivity contribution in [3.05, 3.63) is 18.0 Å². The van der Waals surface area contributed by atoms with Gasteiger partial charge in [-0.1, -0.05) is 13.8 Å². The second-order valence-corrected chi connectivity index (χ2v) is 4.80. The molecule has 0 fully saturated rings. The van der Waals surface area contributed by atoms with Gasteiger partial charge in [-0.3, -0.25) is 4.68 Å². The van der Waals surface area contributed by atoms with E-state index in [1.165, 1.54) is 5.69 Å². The molecule has 0 aliphatic carbocycles. The Morgan fingerprint density at radius 3 is 2.50 bits per heavy atom. The Labute approximate surface area is 111 Å². The van der Waals surface area contributed by atoms with Crippen molar-refractivity contribution in [3.8, 4) is 0 Å². The lowest BCUT2D eigenvalue weighted by Crippen LogP contribution is -2.49. The van der Waals surface area contributed by atoms with E-state index < -0.39 is 0 Å². The lowest BCUT2D eigenvalue weighted by atomic mass is 9.85. The monoisotopic (exact) mass is 253 g/mol. The summed E-state index contributed by atoms with van der Waals surface area (Å²) in [7, 11) is 1.97. The largest absolute Gasteiger partial charge is 0.374 e. The summed E-state index contributed by atoms with van der Waals surface area (Å²) in [5.41, 5.74) is 7.42.